The molecule has 2 aromatic rings. The van der Waals surface area contributed by atoms with Gasteiger partial charge in [-0.15, -0.1) is 11.3 Å². The minimum atomic E-state index is 0.481. The molecule has 0 amide bonds. The first-order valence-corrected chi connectivity index (χ1v) is 7.08. The van der Waals surface area contributed by atoms with E-state index < -0.39 is 0 Å². The Morgan fingerprint density at radius 2 is 2.12 bits per heavy atom. The van der Waals surface area contributed by atoms with Crippen molar-refractivity contribution < 1.29 is 0 Å². The fourth-order valence-electron chi connectivity index (χ4n) is 2.38. The standard InChI is InChI=1S/C14H14ClNS/c15-14-8-11-12(6-7-13(11)17-14)16-9-10-4-2-1-3-5-10/h1-5,8,12,16H,6-7,9H2. The van der Waals surface area contributed by atoms with Gasteiger partial charge in [-0.2, -0.15) is 0 Å². The van der Waals surface area contributed by atoms with Crippen LogP contribution in [0.3, 0.4) is 0 Å². The molecule has 1 aromatic carbocycles. The van der Waals surface area contributed by atoms with Crippen molar-refractivity contribution in [1.29, 1.82) is 0 Å². The second-order valence-corrected chi connectivity index (χ2v) is 6.15. The zero-order chi connectivity index (χ0) is 11.7. The van der Waals surface area contributed by atoms with E-state index in [2.05, 4.69) is 41.7 Å². The summed E-state index contributed by atoms with van der Waals surface area (Å²) in [5.74, 6) is 0. The van der Waals surface area contributed by atoms with Crippen LogP contribution in [-0.2, 0) is 13.0 Å². The van der Waals surface area contributed by atoms with Crippen LogP contribution in [0.25, 0.3) is 0 Å². The summed E-state index contributed by atoms with van der Waals surface area (Å²) >= 11 is 7.78. The highest BCUT2D eigenvalue weighted by Gasteiger charge is 2.24. The highest BCUT2D eigenvalue weighted by Crippen LogP contribution is 2.39. The third-order valence-corrected chi connectivity index (χ3v) is 4.58. The average molecular weight is 264 g/mol. The van der Waals surface area contributed by atoms with Gasteiger partial charge in [-0.25, -0.2) is 0 Å². The van der Waals surface area contributed by atoms with E-state index in [0.717, 1.165) is 10.9 Å². The molecule has 0 spiro atoms. The molecule has 1 aromatic heterocycles. The molecule has 1 atom stereocenters. The molecule has 1 N–H and O–H groups in total. The van der Waals surface area contributed by atoms with Gasteiger partial charge in [-0.3, -0.25) is 0 Å². The maximum atomic E-state index is 6.05. The number of thiophene rings is 1. The lowest BCUT2D eigenvalue weighted by atomic mass is 10.1. The predicted octanol–water partition coefficient (Wildman–Crippen LogP) is 4.18. The minimum Gasteiger partial charge on any atom is -0.306 e. The zero-order valence-electron chi connectivity index (χ0n) is 9.45. The molecule has 0 radical (unpaired) electrons. The van der Waals surface area contributed by atoms with Crippen molar-refractivity contribution in [1.82, 2.24) is 5.32 Å². The van der Waals surface area contributed by atoms with Crippen LogP contribution in [0.2, 0.25) is 4.34 Å². The monoisotopic (exact) mass is 263 g/mol. The van der Waals surface area contributed by atoms with Gasteiger partial charge in [-0.1, -0.05) is 41.9 Å². The molecule has 3 rings (SSSR count). The number of hydrogen-bond acceptors (Lipinski definition) is 2. The molecule has 0 bridgehead atoms. The van der Waals surface area contributed by atoms with Crippen LogP contribution in [-0.4, -0.2) is 0 Å². The smallest absolute Gasteiger partial charge is 0.0934 e. The summed E-state index contributed by atoms with van der Waals surface area (Å²) in [4.78, 5) is 1.46. The Morgan fingerprint density at radius 3 is 2.94 bits per heavy atom. The number of aryl methyl sites for hydroxylation is 1. The van der Waals surface area contributed by atoms with Gasteiger partial charge in [0.05, 0.1) is 4.34 Å². The maximum Gasteiger partial charge on any atom is 0.0934 e. The first-order valence-electron chi connectivity index (χ1n) is 5.88. The number of benzene rings is 1. The van der Waals surface area contributed by atoms with Crippen LogP contribution >= 0.6 is 22.9 Å². The van der Waals surface area contributed by atoms with E-state index in [0.29, 0.717) is 6.04 Å². The van der Waals surface area contributed by atoms with Crippen molar-refractivity contribution in [2.45, 2.75) is 25.4 Å². The van der Waals surface area contributed by atoms with Crippen LogP contribution in [0.1, 0.15) is 28.5 Å². The van der Waals surface area contributed by atoms with E-state index >= 15 is 0 Å². The number of fused-ring (bicyclic) bond motifs is 1. The lowest BCUT2D eigenvalue weighted by molar-refractivity contribution is 0.530. The third-order valence-electron chi connectivity index (χ3n) is 3.24. The molecule has 0 fully saturated rings. The molecule has 0 saturated carbocycles. The first kappa shape index (κ1) is 11.3. The minimum absolute atomic E-state index is 0.481. The number of nitrogens with one attached hydrogen (secondary N) is 1. The normalized spacial score (nSPS) is 18.3. The van der Waals surface area contributed by atoms with Crippen molar-refractivity contribution in [3.05, 3.63) is 56.7 Å². The predicted molar refractivity (Wildman–Crippen MR) is 73.7 cm³/mol. The Balaban J connectivity index is 1.68. The molecule has 1 aliphatic carbocycles. The van der Waals surface area contributed by atoms with Crippen LogP contribution in [0, 0.1) is 0 Å². The number of halogens is 1. The molecule has 1 heterocycles. The van der Waals surface area contributed by atoms with Crippen molar-refractivity contribution in [2.75, 3.05) is 0 Å². The second kappa shape index (κ2) is 4.81. The lowest BCUT2D eigenvalue weighted by Gasteiger charge is -2.12. The SMILES string of the molecule is Clc1cc2c(s1)CCC2NCc1ccccc1. The maximum absolute atomic E-state index is 6.05. The zero-order valence-corrected chi connectivity index (χ0v) is 11.0. The molecule has 1 nitrogen and oxygen atoms in total. The van der Waals surface area contributed by atoms with Gasteiger partial charge in [0, 0.05) is 17.5 Å². The Kier molecular flexibility index (Phi) is 3.19. The molecule has 0 saturated heterocycles. The summed E-state index contributed by atoms with van der Waals surface area (Å²) in [6, 6.07) is 13.1. The fourth-order valence-corrected chi connectivity index (χ4v) is 3.74. The Bertz CT molecular complexity index is 506. The summed E-state index contributed by atoms with van der Waals surface area (Å²) < 4.78 is 0.918. The largest absolute Gasteiger partial charge is 0.306 e. The van der Waals surface area contributed by atoms with Crippen molar-refractivity contribution in [3.8, 4) is 0 Å². The fraction of sp³-hybridized carbons (Fsp3) is 0.286. The summed E-state index contributed by atoms with van der Waals surface area (Å²) in [6.45, 7) is 0.929. The molecule has 1 aliphatic rings. The Hall–Kier alpha value is -0.830. The van der Waals surface area contributed by atoms with Gasteiger partial charge in [0.15, 0.2) is 0 Å². The van der Waals surface area contributed by atoms with Crippen LogP contribution in [0.15, 0.2) is 36.4 Å². The van der Waals surface area contributed by atoms with E-state index in [1.165, 1.54) is 28.8 Å². The van der Waals surface area contributed by atoms with Crippen molar-refractivity contribution >= 4 is 22.9 Å². The molecule has 17 heavy (non-hydrogen) atoms. The van der Waals surface area contributed by atoms with Gasteiger partial charge in [-0.05, 0) is 30.0 Å². The van der Waals surface area contributed by atoms with Crippen LogP contribution < -0.4 is 5.32 Å². The topological polar surface area (TPSA) is 12.0 Å². The molecule has 0 aliphatic heterocycles. The Labute approximate surface area is 110 Å². The third kappa shape index (κ3) is 2.39. The van der Waals surface area contributed by atoms with Crippen molar-refractivity contribution in [3.63, 3.8) is 0 Å². The molecular weight excluding hydrogens is 250 g/mol. The molecule has 1 unspecified atom stereocenters. The number of hydrogen-bond donors (Lipinski definition) is 1. The van der Waals surface area contributed by atoms with E-state index in [1.54, 1.807) is 11.3 Å². The Morgan fingerprint density at radius 1 is 1.29 bits per heavy atom. The van der Waals surface area contributed by atoms with Crippen LogP contribution in [0.4, 0.5) is 0 Å². The van der Waals surface area contributed by atoms with Crippen molar-refractivity contribution in [2.24, 2.45) is 0 Å². The summed E-state index contributed by atoms with van der Waals surface area (Å²) in [5, 5.41) is 3.62. The van der Waals surface area contributed by atoms with Gasteiger partial charge in [0.2, 0.25) is 0 Å². The van der Waals surface area contributed by atoms with E-state index in [1.807, 2.05) is 0 Å². The highest BCUT2D eigenvalue weighted by atomic mass is 35.5. The lowest BCUT2D eigenvalue weighted by Crippen LogP contribution is -2.18. The van der Waals surface area contributed by atoms with E-state index in [-0.39, 0.29) is 0 Å². The molecule has 88 valence electrons. The first-order chi connectivity index (χ1) is 8.33. The average Bonchev–Trinajstić information content (AvgIpc) is 2.87. The van der Waals surface area contributed by atoms with E-state index in [4.69, 9.17) is 11.6 Å². The second-order valence-electron chi connectivity index (χ2n) is 4.39. The van der Waals surface area contributed by atoms with Gasteiger partial charge < -0.3 is 5.32 Å². The quantitative estimate of drug-likeness (QED) is 0.876. The van der Waals surface area contributed by atoms with Gasteiger partial charge in [0.1, 0.15) is 0 Å². The molecule has 3 heteroatoms. The van der Waals surface area contributed by atoms with E-state index in [9.17, 15) is 0 Å². The highest BCUT2D eigenvalue weighted by molar-refractivity contribution is 7.16. The van der Waals surface area contributed by atoms with Gasteiger partial charge >= 0.3 is 0 Å². The summed E-state index contributed by atoms with van der Waals surface area (Å²) in [6.07, 6.45) is 2.37. The number of rotatable bonds is 3. The van der Waals surface area contributed by atoms with Crippen LogP contribution in [0.5, 0.6) is 0 Å². The van der Waals surface area contributed by atoms with Gasteiger partial charge in [0.25, 0.3) is 0 Å². The summed E-state index contributed by atoms with van der Waals surface area (Å²) in [7, 11) is 0. The summed E-state index contributed by atoms with van der Waals surface area (Å²) in [5.41, 5.74) is 2.75. The molecular formula is C14H14ClNS.